The highest BCUT2D eigenvalue weighted by Gasteiger charge is 1.96. The topological polar surface area (TPSA) is 4.36 Å². The van der Waals surface area contributed by atoms with E-state index in [0.717, 1.165) is 5.69 Å². The van der Waals surface area contributed by atoms with Gasteiger partial charge in [-0.25, -0.2) is 4.85 Å². The molecule has 0 aliphatic rings. The van der Waals surface area contributed by atoms with Gasteiger partial charge in [0.05, 0.1) is 6.57 Å². The number of benzene rings is 1. The fourth-order valence-corrected chi connectivity index (χ4v) is 0.934. The highest BCUT2D eigenvalue weighted by Crippen LogP contribution is 2.18. The van der Waals surface area contributed by atoms with Crippen LogP contribution in [0.3, 0.4) is 0 Å². The first-order valence-electron chi connectivity index (χ1n) is 3.71. The Morgan fingerprint density at radius 3 is 2.09 bits per heavy atom. The van der Waals surface area contributed by atoms with Crippen molar-refractivity contribution < 1.29 is 0 Å². The van der Waals surface area contributed by atoms with Crippen molar-refractivity contribution in [3.8, 4) is 0 Å². The van der Waals surface area contributed by atoms with Crippen LogP contribution in [0.5, 0.6) is 0 Å². The quantitative estimate of drug-likeness (QED) is 0.534. The van der Waals surface area contributed by atoms with Crippen molar-refractivity contribution in [2.75, 3.05) is 0 Å². The zero-order valence-electron chi connectivity index (χ0n) is 6.83. The van der Waals surface area contributed by atoms with Crippen LogP contribution in [0, 0.1) is 6.57 Å². The van der Waals surface area contributed by atoms with Gasteiger partial charge < -0.3 is 0 Å². The molecule has 0 saturated carbocycles. The maximum Gasteiger partial charge on any atom is 0.187 e. The molecule has 1 aromatic rings. The number of rotatable bonds is 1. The molecule has 0 radical (unpaired) electrons. The first kappa shape index (κ1) is 7.81. The second-order valence-corrected chi connectivity index (χ2v) is 2.86. The molecule has 0 aliphatic heterocycles. The van der Waals surface area contributed by atoms with Crippen molar-refractivity contribution in [3.05, 3.63) is 41.2 Å². The van der Waals surface area contributed by atoms with Crippen LogP contribution < -0.4 is 0 Å². The van der Waals surface area contributed by atoms with Crippen LogP contribution in [0.1, 0.15) is 25.3 Å². The van der Waals surface area contributed by atoms with Gasteiger partial charge in [0.15, 0.2) is 5.69 Å². The SMILES string of the molecule is [C-]#[N+]c1ccc(C(C)C)cc1. The summed E-state index contributed by atoms with van der Waals surface area (Å²) in [6.07, 6.45) is 0. The van der Waals surface area contributed by atoms with E-state index in [1.54, 1.807) is 0 Å². The van der Waals surface area contributed by atoms with Crippen LogP contribution in [0.2, 0.25) is 0 Å². The molecule has 0 atom stereocenters. The summed E-state index contributed by atoms with van der Waals surface area (Å²) in [6.45, 7) is 11.0. The van der Waals surface area contributed by atoms with Crippen molar-refractivity contribution in [2.45, 2.75) is 19.8 Å². The standard InChI is InChI=1S/C10H11N/c1-8(2)9-4-6-10(11-3)7-5-9/h4-8H,1-2H3. The Kier molecular flexibility index (Phi) is 2.28. The molecule has 0 N–H and O–H groups in total. The first-order chi connectivity index (χ1) is 5.24. The van der Waals surface area contributed by atoms with Gasteiger partial charge in [0.1, 0.15) is 0 Å². The van der Waals surface area contributed by atoms with Gasteiger partial charge in [-0.3, -0.25) is 0 Å². The normalized spacial score (nSPS) is 9.64. The minimum atomic E-state index is 0.551. The van der Waals surface area contributed by atoms with E-state index in [2.05, 4.69) is 18.7 Å². The molecule has 0 heterocycles. The molecule has 1 nitrogen and oxygen atoms in total. The van der Waals surface area contributed by atoms with E-state index in [1.807, 2.05) is 24.3 Å². The summed E-state index contributed by atoms with van der Waals surface area (Å²) in [5.74, 6) is 0.551. The van der Waals surface area contributed by atoms with Crippen molar-refractivity contribution in [1.82, 2.24) is 0 Å². The van der Waals surface area contributed by atoms with Gasteiger partial charge in [0.25, 0.3) is 0 Å². The van der Waals surface area contributed by atoms with Gasteiger partial charge in [-0.05, 0) is 11.5 Å². The molecule has 56 valence electrons. The third-order valence-electron chi connectivity index (χ3n) is 1.69. The lowest BCUT2D eigenvalue weighted by Crippen LogP contribution is -1.83. The Bertz CT molecular complexity index is 264. The molecule has 0 aliphatic carbocycles. The average molecular weight is 145 g/mol. The van der Waals surface area contributed by atoms with E-state index in [1.165, 1.54) is 5.56 Å². The first-order valence-corrected chi connectivity index (χ1v) is 3.71. The molecule has 0 saturated heterocycles. The van der Waals surface area contributed by atoms with E-state index < -0.39 is 0 Å². The summed E-state index contributed by atoms with van der Waals surface area (Å²) in [7, 11) is 0. The highest BCUT2D eigenvalue weighted by atomic mass is 14.6. The van der Waals surface area contributed by atoms with Gasteiger partial charge in [0, 0.05) is 0 Å². The third-order valence-corrected chi connectivity index (χ3v) is 1.69. The van der Waals surface area contributed by atoms with Crippen molar-refractivity contribution in [3.63, 3.8) is 0 Å². The summed E-state index contributed by atoms with van der Waals surface area (Å²) in [5.41, 5.74) is 2.01. The van der Waals surface area contributed by atoms with Gasteiger partial charge >= 0.3 is 0 Å². The molecule has 0 bridgehead atoms. The largest absolute Gasteiger partial charge is 0.238 e. The second kappa shape index (κ2) is 3.21. The van der Waals surface area contributed by atoms with E-state index >= 15 is 0 Å². The van der Waals surface area contributed by atoms with E-state index in [0.29, 0.717) is 5.92 Å². The third kappa shape index (κ3) is 1.81. The zero-order chi connectivity index (χ0) is 8.27. The highest BCUT2D eigenvalue weighted by molar-refractivity contribution is 5.45. The minimum Gasteiger partial charge on any atom is -0.238 e. The lowest BCUT2D eigenvalue weighted by molar-refractivity contribution is 0.867. The van der Waals surface area contributed by atoms with Crippen molar-refractivity contribution >= 4 is 5.69 Å². The van der Waals surface area contributed by atoms with Crippen LogP contribution in [-0.4, -0.2) is 0 Å². The Hall–Kier alpha value is -1.29. The van der Waals surface area contributed by atoms with E-state index in [-0.39, 0.29) is 0 Å². The smallest absolute Gasteiger partial charge is 0.187 e. The van der Waals surface area contributed by atoms with E-state index in [9.17, 15) is 0 Å². The van der Waals surface area contributed by atoms with Gasteiger partial charge in [0.2, 0.25) is 0 Å². The predicted molar refractivity (Wildman–Crippen MR) is 46.8 cm³/mol. The number of hydrogen-bond donors (Lipinski definition) is 0. The van der Waals surface area contributed by atoms with Crippen molar-refractivity contribution in [1.29, 1.82) is 0 Å². The Morgan fingerprint density at radius 2 is 1.73 bits per heavy atom. The monoisotopic (exact) mass is 145 g/mol. The number of nitrogens with zero attached hydrogens (tertiary/aromatic N) is 1. The molecule has 0 amide bonds. The van der Waals surface area contributed by atoms with Crippen LogP contribution >= 0.6 is 0 Å². The summed E-state index contributed by atoms with van der Waals surface area (Å²) in [5, 5.41) is 0. The molecular weight excluding hydrogens is 134 g/mol. The summed E-state index contributed by atoms with van der Waals surface area (Å²) in [4.78, 5) is 3.32. The maximum absolute atomic E-state index is 6.75. The van der Waals surface area contributed by atoms with Gasteiger partial charge in [-0.15, -0.1) is 0 Å². The van der Waals surface area contributed by atoms with Gasteiger partial charge in [-0.1, -0.05) is 38.1 Å². The molecule has 1 aromatic carbocycles. The molecule has 0 spiro atoms. The zero-order valence-corrected chi connectivity index (χ0v) is 6.83. The van der Waals surface area contributed by atoms with Gasteiger partial charge in [-0.2, -0.15) is 0 Å². The fraction of sp³-hybridized carbons (Fsp3) is 0.300. The molecule has 11 heavy (non-hydrogen) atoms. The molecule has 1 heteroatoms. The van der Waals surface area contributed by atoms with Crippen LogP contribution in [-0.2, 0) is 0 Å². The van der Waals surface area contributed by atoms with E-state index in [4.69, 9.17) is 6.57 Å². The molecule has 1 rings (SSSR count). The van der Waals surface area contributed by atoms with Crippen LogP contribution in [0.15, 0.2) is 24.3 Å². The Balaban J connectivity index is 2.94. The molecule has 0 aromatic heterocycles. The molecule has 0 unspecified atom stereocenters. The molecular formula is C10H11N. The fourth-order valence-electron chi connectivity index (χ4n) is 0.934. The Labute approximate surface area is 67.5 Å². The molecule has 0 fully saturated rings. The number of hydrogen-bond acceptors (Lipinski definition) is 0. The minimum absolute atomic E-state index is 0.551. The summed E-state index contributed by atoms with van der Waals surface area (Å²) in [6, 6.07) is 7.75. The van der Waals surface area contributed by atoms with Crippen LogP contribution in [0.25, 0.3) is 4.85 Å². The lowest BCUT2D eigenvalue weighted by Gasteiger charge is -2.03. The summed E-state index contributed by atoms with van der Waals surface area (Å²) < 4.78 is 0. The lowest BCUT2D eigenvalue weighted by atomic mass is 10.0. The van der Waals surface area contributed by atoms with Crippen LogP contribution in [0.4, 0.5) is 5.69 Å². The summed E-state index contributed by atoms with van der Waals surface area (Å²) >= 11 is 0. The van der Waals surface area contributed by atoms with Crippen molar-refractivity contribution in [2.24, 2.45) is 0 Å². The maximum atomic E-state index is 6.75. The average Bonchev–Trinajstić information content (AvgIpc) is 2.05. The Morgan fingerprint density at radius 1 is 1.18 bits per heavy atom. The second-order valence-electron chi connectivity index (χ2n) is 2.86. The predicted octanol–water partition coefficient (Wildman–Crippen LogP) is 3.36.